The molecular formula is C15H28N2. The van der Waals surface area contributed by atoms with Gasteiger partial charge in [0.15, 0.2) is 0 Å². The summed E-state index contributed by atoms with van der Waals surface area (Å²) in [6.07, 6.45) is 10.2. The lowest BCUT2D eigenvalue weighted by atomic mass is 9.89. The Labute approximate surface area is 106 Å². The minimum atomic E-state index is 0.798. The molecule has 0 aromatic carbocycles. The number of nitrogens with one attached hydrogen (secondary N) is 1. The van der Waals surface area contributed by atoms with Crippen LogP contribution in [0.4, 0.5) is 0 Å². The maximum atomic E-state index is 3.86. The van der Waals surface area contributed by atoms with Crippen molar-refractivity contribution in [2.24, 2.45) is 11.8 Å². The summed E-state index contributed by atoms with van der Waals surface area (Å²) in [5.74, 6) is 2.09. The maximum Gasteiger partial charge on any atom is 0.0200 e. The van der Waals surface area contributed by atoms with Crippen molar-refractivity contribution in [2.75, 3.05) is 19.6 Å². The molecule has 0 aromatic heterocycles. The quantitative estimate of drug-likeness (QED) is 0.763. The topological polar surface area (TPSA) is 15.3 Å². The number of rotatable bonds is 6. The molecule has 2 heteroatoms. The predicted octanol–water partition coefficient (Wildman–Crippen LogP) is 2.64. The van der Waals surface area contributed by atoms with Crippen LogP contribution in [-0.4, -0.2) is 36.6 Å². The van der Waals surface area contributed by atoms with Gasteiger partial charge >= 0.3 is 0 Å². The Morgan fingerprint density at radius 1 is 1.00 bits per heavy atom. The van der Waals surface area contributed by atoms with Crippen molar-refractivity contribution in [3.8, 4) is 0 Å². The van der Waals surface area contributed by atoms with Crippen molar-refractivity contribution in [3.63, 3.8) is 0 Å². The Bertz CT molecular complexity index is 223. The van der Waals surface area contributed by atoms with Crippen molar-refractivity contribution >= 4 is 0 Å². The van der Waals surface area contributed by atoms with Gasteiger partial charge in [-0.1, -0.05) is 19.8 Å². The van der Waals surface area contributed by atoms with Crippen LogP contribution < -0.4 is 5.32 Å². The highest BCUT2D eigenvalue weighted by Crippen LogP contribution is 2.38. The van der Waals surface area contributed by atoms with Gasteiger partial charge in [0.2, 0.25) is 0 Å². The van der Waals surface area contributed by atoms with Gasteiger partial charge in [-0.3, -0.25) is 0 Å². The standard InChI is InChI=1S/C15H28N2/c1-2-7-17-10-13(8-12-3-4-12)9-15(11-17)16-14-5-6-14/h12-16H,2-11H2,1H3. The molecule has 2 atom stereocenters. The predicted molar refractivity (Wildman–Crippen MR) is 72.1 cm³/mol. The summed E-state index contributed by atoms with van der Waals surface area (Å²) < 4.78 is 0. The van der Waals surface area contributed by atoms with Crippen LogP contribution in [0.25, 0.3) is 0 Å². The van der Waals surface area contributed by atoms with Gasteiger partial charge in [-0.05, 0) is 50.5 Å². The molecule has 3 rings (SSSR count). The first-order valence-electron chi connectivity index (χ1n) is 7.82. The molecule has 0 spiro atoms. The summed E-state index contributed by atoms with van der Waals surface area (Å²) in [7, 11) is 0. The van der Waals surface area contributed by atoms with E-state index < -0.39 is 0 Å². The van der Waals surface area contributed by atoms with E-state index in [9.17, 15) is 0 Å². The van der Waals surface area contributed by atoms with Gasteiger partial charge in [0.25, 0.3) is 0 Å². The van der Waals surface area contributed by atoms with E-state index in [1.54, 1.807) is 0 Å². The first-order chi connectivity index (χ1) is 8.33. The summed E-state index contributed by atoms with van der Waals surface area (Å²) in [6, 6.07) is 1.68. The normalized spacial score (nSPS) is 35.1. The van der Waals surface area contributed by atoms with Gasteiger partial charge in [0.1, 0.15) is 0 Å². The molecule has 1 saturated heterocycles. The van der Waals surface area contributed by atoms with Gasteiger partial charge in [-0.15, -0.1) is 0 Å². The van der Waals surface area contributed by atoms with Gasteiger partial charge in [0.05, 0.1) is 0 Å². The Hall–Kier alpha value is -0.0800. The average molecular weight is 236 g/mol. The van der Waals surface area contributed by atoms with Crippen LogP contribution in [0.2, 0.25) is 0 Å². The fraction of sp³-hybridized carbons (Fsp3) is 1.00. The van der Waals surface area contributed by atoms with Crippen LogP contribution >= 0.6 is 0 Å². The molecule has 0 radical (unpaired) electrons. The molecule has 17 heavy (non-hydrogen) atoms. The highest BCUT2D eigenvalue weighted by molar-refractivity contribution is 4.91. The Morgan fingerprint density at radius 2 is 1.82 bits per heavy atom. The number of likely N-dealkylation sites (tertiary alicyclic amines) is 1. The smallest absolute Gasteiger partial charge is 0.0200 e. The van der Waals surface area contributed by atoms with Crippen LogP contribution in [0.1, 0.15) is 51.9 Å². The number of hydrogen-bond acceptors (Lipinski definition) is 2. The van der Waals surface area contributed by atoms with Crippen LogP contribution in [0.3, 0.4) is 0 Å². The third-order valence-corrected chi connectivity index (χ3v) is 4.57. The largest absolute Gasteiger partial charge is 0.310 e. The number of nitrogens with zero attached hydrogens (tertiary/aromatic N) is 1. The van der Waals surface area contributed by atoms with E-state index in [4.69, 9.17) is 0 Å². The molecular weight excluding hydrogens is 208 g/mol. The van der Waals surface area contributed by atoms with E-state index in [0.717, 1.165) is 23.9 Å². The zero-order chi connectivity index (χ0) is 11.7. The van der Waals surface area contributed by atoms with Gasteiger partial charge in [-0.2, -0.15) is 0 Å². The summed E-state index contributed by atoms with van der Waals surface area (Å²) in [5, 5.41) is 3.86. The second-order valence-electron chi connectivity index (χ2n) is 6.68. The molecule has 2 aliphatic carbocycles. The second-order valence-corrected chi connectivity index (χ2v) is 6.68. The Morgan fingerprint density at radius 3 is 2.47 bits per heavy atom. The lowest BCUT2D eigenvalue weighted by Gasteiger charge is -2.38. The van der Waals surface area contributed by atoms with Crippen molar-refractivity contribution in [3.05, 3.63) is 0 Å². The van der Waals surface area contributed by atoms with Crippen molar-refractivity contribution in [2.45, 2.75) is 64.0 Å². The summed E-state index contributed by atoms with van der Waals surface area (Å²) in [4.78, 5) is 2.72. The number of piperidine rings is 1. The second kappa shape index (κ2) is 5.27. The minimum Gasteiger partial charge on any atom is -0.310 e. The van der Waals surface area contributed by atoms with Crippen molar-refractivity contribution in [1.82, 2.24) is 10.2 Å². The average Bonchev–Trinajstić information content (AvgIpc) is 3.14. The fourth-order valence-corrected chi connectivity index (χ4v) is 3.50. The van der Waals surface area contributed by atoms with E-state index in [0.29, 0.717) is 0 Å². The van der Waals surface area contributed by atoms with Crippen molar-refractivity contribution < 1.29 is 0 Å². The summed E-state index contributed by atoms with van der Waals surface area (Å²) in [5.41, 5.74) is 0. The first kappa shape index (κ1) is 12.0. The van der Waals surface area contributed by atoms with Crippen LogP contribution in [0.15, 0.2) is 0 Å². The molecule has 1 aliphatic heterocycles. The molecule has 0 aromatic rings. The van der Waals surface area contributed by atoms with E-state index in [-0.39, 0.29) is 0 Å². The number of hydrogen-bond donors (Lipinski definition) is 1. The lowest BCUT2D eigenvalue weighted by molar-refractivity contribution is 0.132. The molecule has 0 amide bonds. The monoisotopic (exact) mass is 236 g/mol. The highest BCUT2D eigenvalue weighted by atomic mass is 15.2. The van der Waals surface area contributed by atoms with Crippen LogP contribution in [-0.2, 0) is 0 Å². The molecule has 3 fully saturated rings. The Kier molecular flexibility index (Phi) is 3.72. The molecule has 1 heterocycles. The molecule has 2 saturated carbocycles. The minimum absolute atomic E-state index is 0.798. The summed E-state index contributed by atoms with van der Waals surface area (Å²) in [6.45, 7) is 6.32. The third-order valence-electron chi connectivity index (χ3n) is 4.57. The van der Waals surface area contributed by atoms with Crippen molar-refractivity contribution in [1.29, 1.82) is 0 Å². The maximum absolute atomic E-state index is 3.86. The Balaban J connectivity index is 1.51. The zero-order valence-corrected chi connectivity index (χ0v) is 11.3. The highest BCUT2D eigenvalue weighted by Gasteiger charge is 2.34. The molecule has 3 aliphatic rings. The molecule has 98 valence electrons. The lowest BCUT2D eigenvalue weighted by Crippen LogP contribution is -2.50. The molecule has 2 nitrogen and oxygen atoms in total. The van der Waals surface area contributed by atoms with E-state index in [1.165, 1.54) is 64.6 Å². The van der Waals surface area contributed by atoms with E-state index in [1.807, 2.05) is 0 Å². The van der Waals surface area contributed by atoms with Gasteiger partial charge in [0, 0.05) is 25.2 Å². The third kappa shape index (κ3) is 3.69. The molecule has 2 unspecified atom stereocenters. The first-order valence-corrected chi connectivity index (χ1v) is 7.82. The summed E-state index contributed by atoms with van der Waals surface area (Å²) >= 11 is 0. The van der Waals surface area contributed by atoms with E-state index >= 15 is 0 Å². The van der Waals surface area contributed by atoms with Crippen LogP contribution in [0.5, 0.6) is 0 Å². The molecule has 0 bridgehead atoms. The SMILES string of the molecule is CCCN1CC(CC2CC2)CC(NC2CC2)C1. The van der Waals surface area contributed by atoms with Crippen LogP contribution in [0, 0.1) is 11.8 Å². The fourth-order valence-electron chi connectivity index (χ4n) is 3.50. The van der Waals surface area contributed by atoms with Gasteiger partial charge < -0.3 is 10.2 Å². The molecule has 1 N–H and O–H groups in total. The van der Waals surface area contributed by atoms with Gasteiger partial charge in [-0.25, -0.2) is 0 Å². The van der Waals surface area contributed by atoms with E-state index in [2.05, 4.69) is 17.1 Å². The zero-order valence-electron chi connectivity index (χ0n) is 11.3.